The van der Waals surface area contributed by atoms with E-state index in [1.54, 1.807) is 11.1 Å². The molecule has 3 rings (SSSR count). The molecule has 5 nitrogen and oxygen atoms in total. The monoisotopic (exact) mass is 344 g/mol. The number of carboxylic acids is 1. The van der Waals surface area contributed by atoms with Gasteiger partial charge >= 0.3 is 5.97 Å². The number of rotatable bonds is 4. The maximum Gasteiger partial charge on any atom is 0.308 e. The highest BCUT2D eigenvalue weighted by Gasteiger charge is 2.40. The molecule has 1 N–H and O–H groups in total. The fourth-order valence-electron chi connectivity index (χ4n) is 3.07. The molecular weight excluding hydrogens is 324 g/mol. The number of nitrogens with zero attached hydrogens (tertiary/aromatic N) is 2. The summed E-state index contributed by atoms with van der Waals surface area (Å²) in [6, 6.07) is 9.56. The van der Waals surface area contributed by atoms with Crippen LogP contribution < -0.4 is 0 Å². The maximum absolute atomic E-state index is 12.7. The summed E-state index contributed by atoms with van der Waals surface area (Å²) >= 11 is 1.39. The summed E-state index contributed by atoms with van der Waals surface area (Å²) in [5.74, 6) is -1.45. The van der Waals surface area contributed by atoms with E-state index in [0.29, 0.717) is 11.4 Å². The van der Waals surface area contributed by atoms with E-state index in [2.05, 4.69) is 4.98 Å². The molecule has 2 heterocycles. The first-order chi connectivity index (χ1) is 11.5. The Bertz CT molecular complexity index is 742. The lowest BCUT2D eigenvalue weighted by atomic mass is 9.89. The van der Waals surface area contributed by atoms with E-state index in [1.807, 2.05) is 44.2 Å². The number of carboxylic acid groups (broad SMARTS) is 1. The van der Waals surface area contributed by atoms with Gasteiger partial charge in [-0.15, -0.1) is 11.3 Å². The van der Waals surface area contributed by atoms with Crippen LogP contribution in [0.5, 0.6) is 0 Å². The van der Waals surface area contributed by atoms with Crippen molar-refractivity contribution in [2.45, 2.75) is 25.7 Å². The number of amides is 1. The molecule has 0 radical (unpaired) electrons. The lowest BCUT2D eigenvalue weighted by Crippen LogP contribution is -2.29. The van der Waals surface area contributed by atoms with Crippen LogP contribution in [0, 0.1) is 5.92 Å². The van der Waals surface area contributed by atoms with Crippen molar-refractivity contribution >= 4 is 23.2 Å². The van der Waals surface area contributed by atoms with Crippen LogP contribution in [-0.2, 0) is 4.79 Å². The van der Waals surface area contributed by atoms with Crippen molar-refractivity contribution in [2.24, 2.45) is 5.92 Å². The molecule has 2 atom stereocenters. The Balaban J connectivity index is 1.82. The van der Waals surface area contributed by atoms with Crippen molar-refractivity contribution in [3.8, 4) is 0 Å². The largest absolute Gasteiger partial charge is 0.481 e. The summed E-state index contributed by atoms with van der Waals surface area (Å²) in [4.78, 5) is 30.9. The highest BCUT2D eigenvalue weighted by Crippen LogP contribution is 2.34. The first kappa shape index (κ1) is 16.6. The highest BCUT2D eigenvalue weighted by atomic mass is 32.1. The van der Waals surface area contributed by atoms with Gasteiger partial charge in [0.15, 0.2) is 0 Å². The first-order valence-electron chi connectivity index (χ1n) is 8.00. The molecule has 1 aliphatic rings. The molecule has 0 spiro atoms. The SMILES string of the molecule is CC(C)c1ncc(C(=O)N2C[C@H](C(=O)O)[C@H](c3ccccc3)C2)s1. The Kier molecular flexibility index (Phi) is 4.66. The molecule has 126 valence electrons. The predicted molar refractivity (Wildman–Crippen MR) is 92.4 cm³/mol. The minimum absolute atomic E-state index is 0.121. The molecule has 24 heavy (non-hydrogen) atoms. The molecule has 1 fully saturated rings. The summed E-state index contributed by atoms with van der Waals surface area (Å²) in [6.45, 7) is 4.74. The van der Waals surface area contributed by atoms with Crippen LogP contribution in [0.4, 0.5) is 0 Å². The number of benzene rings is 1. The Morgan fingerprint density at radius 2 is 1.96 bits per heavy atom. The van der Waals surface area contributed by atoms with E-state index in [4.69, 9.17) is 0 Å². The van der Waals surface area contributed by atoms with Gasteiger partial charge in [-0.1, -0.05) is 44.2 Å². The Hall–Kier alpha value is -2.21. The van der Waals surface area contributed by atoms with E-state index in [9.17, 15) is 14.7 Å². The van der Waals surface area contributed by atoms with Gasteiger partial charge in [-0.25, -0.2) is 4.98 Å². The van der Waals surface area contributed by atoms with Gasteiger partial charge < -0.3 is 10.0 Å². The molecule has 1 aliphatic heterocycles. The van der Waals surface area contributed by atoms with Crippen molar-refractivity contribution in [1.29, 1.82) is 0 Å². The molecule has 1 saturated heterocycles. The number of aliphatic carboxylic acids is 1. The highest BCUT2D eigenvalue weighted by molar-refractivity contribution is 7.13. The molecule has 0 bridgehead atoms. The lowest BCUT2D eigenvalue weighted by Gasteiger charge is -2.15. The normalized spacial score (nSPS) is 20.5. The summed E-state index contributed by atoms with van der Waals surface area (Å²) in [7, 11) is 0. The van der Waals surface area contributed by atoms with Gasteiger partial charge in [-0.2, -0.15) is 0 Å². The average Bonchev–Trinajstić information content (AvgIpc) is 3.22. The fourth-order valence-corrected chi connectivity index (χ4v) is 3.96. The predicted octanol–water partition coefficient (Wildman–Crippen LogP) is 3.21. The smallest absolute Gasteiger partial charge is 0.308 e. The van der Waals surface area contributed by atoms with E-state index < -0.39 is 11.9 Å². The molecule has 0 saturated carbocycles. The molecule has 2 aromatic rings. The van der Waals surface area contributed by atoms with Crippen LogP contribution in [0.2, 0.25) is 0 Å². The van der Waals surface area contributed by atoms with Crippen molar-refractivity contribution in [3.63, 3.8) is 0 Å². The fraction of sp³-hybridized carbons (Fsp3) is 0.389. The van der Waals surface area contributed by atoms with Crippen LogP contribution in [0.25, 0.3) is 0 Å². The van der Waals surface area contributed by atoms with Crippen molar-refractivity contribution < 1.29 is 14.7 Å². The molecule has 1 amide bonds. The molecule has 1 aromatic carbocycles. The zero-order valence-electron chi connectivity index (χ0n) is 13.7. The molecule has 6 heteroatoms. The van der Waals surface area contributed by atoms with Gasteiger partial charge in [0.05, 0.1) is 17.1 Å². The van der Waals surface area contributed by atoms with E-state index in [-0.39, 0.29) is 24.3 Å². The number of likely N-dealkylation sites (tertiary alicyclic amines) is 1. The van der Waals surface area contributed by atoms with Crippen LogP contribution in [0.3, 0.4) is 0 Å². The van der Waals surface area contributed by atoms with E-state index in [1.165, 1.54) is 11.3 Å². The van der Waals surface area contributed by atoms with Gasteiger partial charge in [-0.05, 0) is 5.56 Å². The minimum Gasteiger partial charge on any atom is -0.481 e. The average molecular weight is 344 g/mol. The number of hydrogen-bond donors (Lipinski definition) is 1. The topological polar surface area (TPSA) is 70.5 Å². The minimum atomic E-state index is -0.855. The quantitative estimate of drug-likeness (QED) is 0.924. The molecule has 0 unspecified atom stereocenters. The second-order valence-electron chi connectivity index (χ2n) is 6.39. The molecule has 1 aromatic heterocycles. The van der Waals surface area contributed by atoms with Crippen molar-refractivity contribution in [1.82, 2.24) is 9.88 Å². The Morgan fingerprint density at radius 1 is 1.25 bits per heavy atom. The van der Waals surface area contributed by atoms with E-state index >= 15 is 0 Å². The third-order valence-corrected chi connectivity index (χ3v) is 5.67. The van der Waals surface area contributed by atoms with Gasteiger partial charge in [0, 0.05) is 24.9 Å². The third kappa shape index (κ3) is 3.19. The number of carbonyl (C=O) groups is 2. The van der Waals surface area contributed by atoms with Crippen LogP contribution >= 0.6 is 11.3 Å². The van der Waals surface area contributed by atoms with Gasteiger partial charge in [0.25, 0.3) is 5.91 Å². The van der Waals surface area contributed by atoms with Gasteiger partial charge in [0.1, 0.15) is 4.88 Å². The summed E-state index contributed by atoms with van der Waals surface area (Å²) in [5.41, 5.74) is 0.965. The number of aromatic nitrogens is 1. The second kappa shape index (κ2) is 6.73. The van der Waals surface area contributed by atoms with Gasteiger partial charge in [0.2, 0.25) is 0 Å². The van der Waals surface area contributed by atoms with Crippen molar-refractivity contribution in [2.75, 3.05) is 13.1 Å². The third-order valence-electron chi connectivity index (χ3n) is 4.38. The Morgan fingerprint density at radius 3 is 2.54 bits per heavy atom. The number of thiazole rings is 1. The second-order valence-corrected chi connectivity index (χ2v) is 7.45. The summed E-state index contributed by atoms with van der Waals surface area (Å²) in [5, 5.41) is 10.5. The van der Waals surface area contributed by atoms with Crippen molar-refractivity contribution in [3.05, 3.63) is 52.0 Å². The molecular formula is C18H20N2O3S. The van der Waals surface area contributed by atoms with Gasteiger partial charge in [-0.3, -0.25) is 9.59 Å². The zero-order chi connectivity index (χ0) is 17.3. The maximum atomic E-state index is 12.7. The number of carbonyl (C=O) groups excluding carboxylic acids is 1. The Labute approximate surface area is 145 Å². The number of hydrogen-bond acceptors (Lipinski definition) is 4. The van der Waals surface area contributed by atoms with E-state index in [0.717, 1.165) is 10.6 Å². The zero-order valence-corrected chi connectivity index (χ0v) is 14.5. The van der Waals surface area contributed by atoms with Crippen LogP contribution in [0.15, 0.2) is 36.5 Å². The molecule has 0 aliphatic carbocycles. The summed E-state index contributed by atoms with van der Waals surface area (Å²) < 4.78 is 0. The lowest BCUT2D eigenvalue weighted by molar-refractivity contribution is -0.141. The summed E-state index contributed by atoms with van der Waals surface area (Å²) in [6.07, 6.45) is 1.61. The van der Waals surface area contributed by atoms with Crippen LogP contribution in [0.1, 0.15) is 45.9 Å². The van der Waals surface area contributed by atoms with Crippen LogP contribution in [-0.4, -0.2) is 40.0 Å². The standard InChI is InChI=1S/C18H20N2O3S/c1-11(2)16-19-8-15(24-16)17(21)20-9-13(14(10-20)18(22)23)12-6-4-3-5-7-12/h3-8,11,13-14H,9-10H2,1-2H3,(H,22,23)/t13-,14-/m0/s1. The first-order valence-corrected chi connectivity index (χ1v) is 8.81.